The van der Waals surface area contributed by atoms with Crippen LogP contribution < -0.4 is 10.5 Å². The molecule has 0 spiro atoms. The Morgan fingerprint density at radius 3 is 2.67 bits per heavy atom. The molecule has 0 radical (unpaired) electrons. The summed E-state index contributed by atoms with van der Waals surface area (Å²) < 4.78 is 5.63. The molecule has 2 heteroatoms. The fraction of sp³-hybridized carbons (Fsp3) is 0.684. The summed E-state index contributed by atoms with van der Waals surface area (Å²) in [6.07, 6.45) is 5.89. The van der Waals surface area contributed by atoms with Gasteiger partial charge in [0.05, 0.1) is 6.61 Å². The third-order valence-corrected chi connectivity index (χ3v) is 5.06. The summed E-state index contributed by atoms with van der Waals surface area (Å²) in [5.41, 5.74) is 8.23. The zero-order chi connectivity index (χ0) is 15.5. The van der Waals surface area contributed by atoms with Crippen LogP contribution in [0.15, 0.2) is 24.3 Å². The van der Waals surface area contributed by atoms with Gasteiger partial charge in [0.2, 0.25) is 0 Å². The van der Waals surface area contributed by atoms with Crippen LogP contribution in [0.2, 0.25) is 0 Å². The van der Waals surface area contributed by atoms with Gasteiger partial charge in [0.15, 0.2) is 0 Å². The first-order chi connectivity index (χ1) is 9.85. The Hall–Kier alpha value is -1.02. The van der Waals surface area contributed by atoms with Crippen LogP contribution >= 0.6 is 0 Å². The summed E-state index contributed by atoms with van der Waals surface area (Å²) in [6.45, 7) is 9.79. The number of nitrogens with two attached hydrogens (primary N) is 1. The Labute approximate surface area is 130 Å². The maximum absolute atomic E-state index is 6.80. The van der Waals surface area contributed by atoms with Crippen LogP contribution in [0.25, 0.3) is 0 Å². The maximum atomic E-state index is 6.80. The monoisotopic (exact) mass is 289 g/mol. The molecule has 1 fully saturated rings. The Morgan fingerprint density at radius 1 is 1.24 bits per heavy atom. The van der Waals surface area contributed by atoms with Crippen molar-refractivity contribution in [3.8, 4) is 5.75 Å². The second-order valence-corrected chi connectivity index (χ2v) is 7.61. The van der Waals surface area contributed by atoms with E-state index in [-0.39, 0.29) is 5.54 Å². The van der Waals surface area contributed by atoms with Gasteiger partial charge in [-0.2, -0.15) is 0 Å². The summed E-state index contributed by atoms with van der Waals surface area (Å²) in [5.74, 6) is 1.72. The van der Waals surface area contributed by atoms with E-state index >= 15 is 0 Å². The Morgan fingerprint density at radius 2 is 2.00 bits per heavy atom. The molecule has 2 rings (SSSR count). The highest BCUT2D eigenvalue weighted by molar-refractivity contribution is 5.33. The van der Waals surface area contributed by atoms with Gasteiger partial charge in [0.1, 0.15) is 5.75 Å². The quantitative estimate of drug-likeness (QED) is 0.806. The fourth-order valence-corrected chi connectivity index (χ4v) is 3.58. The molecule has 1 aromatic rings. The van der Waals surface area contributed by atoms with Crippen LogP contribution in [0.1, 0.15) is 65.4 Å². The van der Waals surface area contributed by atoms with Crippen molar-refractivity contribution in [2.45, 2.75) is 65.3 Å². The molecular weight excluding hydrogens is 258 g/mol. The van der Waals surface area contributed by atoms with E-state index in [4.69, 9.17) is 10.5 Å². The van der Waals surface area contributed by atoms with E-state index in [0.717, 1.165) is 24.5 Å². The normalized spacial score (nSPS) is 27.2. The van der Waals surface area contributed by atoms with Gasteiger partial charge in [-0.25, -0.2) is 0 Å². The van der Waals surface area contributed by atoms with Crippen molar-refractivity contribution in [3.05, 3.63) is 29.8 Å². The van der Waals surface area contributed by atoms with Gasteiger partial charge in [0.25, 0.3) is 0 Å². The average molecular weight is 289 g/mol. The van der Waals surface area contributed by atoms with Crippen LogP contribution in [0, 0.1) is 11.3 Å². The van der Waals surface area contributed by atoms with Gasteiger partial charge in [-0.1, -0.05) is 39.3 Å². The molecule has 118 valence electrons. The van der Waals surface area contributed by atoms with Crippen molar-refractivity contribution >= 4 is 0 Å². The van der Waals surface area contributed by atoms with Crippen LogP contribution in [0.5, 0.6) is 5.75 Å². The van der Waals surface area contributed by atoms with Crippen molar-refractivity contribution in [2.24, 2.45) is 17.1 Å². The molecule has 1 aliphatic carbocycles. The first-order valence-electron chi connectivity index (χ1n) is 8.37. The van der Waals surface area contributed by atoms with Crippen LogP contribution in [-0.2, 0) is 5.54 Å². The molecule has 0 bridgehead atoms. The Bertz CT molecular complexity index is 463. The van der Waals surface area contributed by atoms with E-state index < -0.39 is 0 Å². The highest BCUT2D eigenvalue weighted by atomic mass is 16.5. The third kappa shape index (κ3) is 4.00. The second kappa shape index (κ2) is 6.39. The van der Waals surface area contributed by atoms with Gasteiger partial charge in [-0.3, -0.25) is 0 Å². The number of hydrogen-bond acceptors (Lipinski definition) is 2. The predicted octanol–water partition coefficient (Wildman–Crippen LogP) is 4.87. The largest absolute Gasteiger partial charge is 0.494 e. The summed E-state index contributed by atoms with van der Waals surface area (Å²) in [5, 5.41) is 0. The first-order valence-corrected chi connectivity index (χ1v) is 8.37. The van der Waals surface area contributed by atoms with Crippen molar-refractivity contribution in [1.82, 2.24) is 0 Å². The standard InChI is InChI=1S/C19H31NO/c1-5-21-17-10-6-8-16(14-17)19(20)12-7-9-15(11-13-19)18(2,3)4/h6,8,10,14-15H,5,7,9,11-13,20H2,1-4H3. The smallest absolute Gasteiger partial charge is 0.119 e. The van der Waals surface area contributed by atoms with E-state index in [1.807, 2.05) is 13.0 Å². The molecule has 0 aliphatic heterocycles. The minimum absolute atomic E-state index is 0.187. The van der Waals surface area contributed by atoms with Gasteiger partial charge in [0, 0.05) is 5.54 Å². The van der Waals surface area contributed by atoms with Crippen molar-refractivity contribution in [2.75, 3.05) is 6.61 Å². The zero-order valence-corrected chi connectivity index (χ0v) is 14.1. The van der Waals surface area contributed by atoms with Crippen LogP contribution in [0.3, 0.4) is 0 Å². The molecule has 0 aromatic heterocycles. The lowest BCUT2D eigenvalue weighted by Gasteiger charge is -2.32. The minimum atomic E-state index is -0.187. The summed E-state index contributed by atoms with van der Waals surface area (Å²) in [6, 6.07) is 8.40. The first kappa shape index (κ1) is 16.4. The molecule has 0 heterocycles. The van der Waals surface area contributed by atoms with E-state index in [2.05, 4.69) is 39.0 Å². The van der Waals surface area contributed by atoms with Gasteiger partial charge < -0.3 is 10.5 Å². The second-order valence-electron chi connectivity index (χ2n) is 7.61. The fourth-order valence-electron chi connectivity index (χ4n) is 3.58. The number of ether oxygens (including phenoxy) is 1. The molecule has 2 unspecified atom stereocenters. The molecule has 0 saturated heterocycles. The molecule has 21 heavy (non-hydrogen) atoms. The van der Waals surface area contributed by atoms with E-state index in [9.17, 15) is 0 Å². The third-order valence-electron chi connectivity index (χ3n) is 5.06. The highest BCUT2D eigenvalue weighted by Gasteiger charge is 2.34. The Kier molecular flexibility index (Phi) is 4.98. The summed E-state index contributed by atoms with van der Waals surface area (Å²) in [7, 11) is 0. The number of rotatable bonds is 3. The van der Waals surface area contributed by atoms with Crippen LogP contribution in [-0.4, -0.2) is 6.61 Å². The van der Waals surface area contributed by atoms with Crippen LogP contribution in [0.4, 0.5) is 0 Å². The molecule has 2 atom stereocenters. The van der Waals surface area contributed by atoms with E-state index in [0.29, 0.717) is 12.0 Å². The zero-order valence-electron chi connectivity index (χ0n) is 14.1. The molecule has 1 aromatic carbocycles. The molecule has 2 N–H and O–H groups in total. The lowest BCUT2D eigenvalue weighted by atomic mass is 9.75. The SMILES string of the molecule is CCOc1cccc(C2(N)CCCC(C(C)(C)C)CC2)c1. The van der Waals surface area contributed by atoms with E-state index in [1.165, 1.54) is 24.8 Å². The van der Waals surface area contributed by atoms with Gasteiger partial charge in [-0.15, -0.1) is 0 Å². The maximum Gasteiger partial charge on any atom is 0.119 e. The van der Waals surface area contributed by atoms with Crippen molar-refractivity contribution in [3.63, 3.8) is 0 Å². The molecule has 1 aliphatic rings. The lowest BCUT2D eigenvalue weighted by molar-refractivity contribution is 0.210. The lowest BCUT2D eigenvalue weighted by Crippen LogP contribution is -2.36. The van der Waals surface area contributed by atoms with Gasteiger partial charge in [-0.05, 0) is 61.6 Å². The van der Waals surface area contributed by atoms with Gasteiger partial charge >= 0.3 is 0 Å². The summed E-state index contributed by atoms with van der Waals surface area (Å²) in [4.78, 5) is 0. The highest BCUT2D eigenvalue weighted by Crippen LogP contribution is 2.42. The van der Waals surface area contributed by atoms with Crippen molar-refractivity contribution in [1.29, 1.82) is 0 Å². The number of hydrogen-bond donors (Lipinski definition) is 1. The Balaban J connectivity index is 2.16. The minimum Gasteiger partial charge on any atom is -0.494 e. The molecule has 2 nitrogen and oxygen atoms in total. The molecule has 1 saturated carbocycles. The van der Waals surface area contributed by atoms with Crippen molar-refractivity contribution < 1.29 is 4.74 Å². The molecular formula is C19H31NO. The topological polar surface area (TPSA) is 35.2 Å². The number of benzene rings is 1. The molecule has 0 amide bonds. The predicted molar refractivity (Wildman–Crippen MR) is 89.5 cm³/mol. The average Bonchev–Trinajstić information content (AvgIpc) is 2.62. The van der Waals surface area contributed by atoms with E-state index in [1.54, 1.807) is 0 Å². The summed E-state index contributed by atoms with van der Waals surface area (Å²) >= 11 is 0.